The molecule has 0 aliphatic rings. The number of methoxy groups -OCH3 is 1. The molecular weight excluding hydrogens is 344 g/mol. The summed E-state index contributed by atoms with van der Waals surface area (Å²) in [5.74, 6) is 0.907. The second-order valence-corrected chi connectivity index (χ2v) is 7.57. The highest BCUT2D eigenvalue weighted by Gasteiger charge is 2.17. The Bertz CT molecular complexity index is 1140. The number of aryl methyl sites for hydroxylation is 3. The highest BCUT2D eigenvalue weighted by Crippen LogP contribution is 2.38. The van der Waals surface area contributed by atoms with Gasteiger partial charge in [0.15, 0.2) is 0 Å². The Kier molecular flexibility index (Phi) is 5.10. The number of hydrogen-bond acceptors (Lipinski definition) is 2. The van der Waals surface area contributed by atoms with Gasteiger partial charge in [0.1, 0.15) is 5.75 Å². The predicted molar refractivity (Wildman–Crippen MR) is 119 cm³/mol. The van der Waals surface area contributed by atoms with Gasteiger partial charge in [0.2, 0.25) is 0 Å². The molecule has 3 heteroatoms. The lowest BCUT2D eigenvalue weighted by Gasteiger charge is -2.11. The molecular formula is C25H28N2O. The summed E-state index contributed by atoms with van der Waals surface area (Å²) in [6, 6.07) is 17.4. The van der Waals surface area contributed by atoms with Gasteiger partial charge in [-0.05, 0) is 79.3 Å². The van der Waals surface area contributed by atoms with Gasteiger partial charge in [-0.2, -0.15) is 0 Å². The number of ether oxygens (including phenoxy) is 1. The summed E-state index contributed by atoms with van der Waals surface area (Å²) in [4.78, 5) is 3.75. The van der Waals surface area contributed by atoms with Crippen molar-refractivity contribution >= 4 is 21.7 Å². The minimum absolute atomic E-state index is 0.730. The van der Waals surface area contributed by atoms with E-state index in [4.69, 9.17) is 10.5 Å². The Hall–Kier alpha value is -2.78. The van der Waals surface area contributed by atoms with Gasteiger partial charge < -0.3 is 15.5 Å². The lowest BCUT2D eigenvalue weighted by molar-refractivity contribution is 0.415. The van der Waals surface area contributed by atoms with Crippen LogP contribution in [0.5, 0.6) is 5.75 Å². The monoisotopic (exact) mass is 372 g/mol. The number of aromatic amines is 1. The van der Waals surface area contributed by atoms with E-state index in [1.165, 1.54) is 49.6 Å². The van der Waals surface area contributed by atoms with Crippen LogP contribution in [0.3, 0.4) is 0 Å². The second kappa shape index (κ2) is 7.69. The summed E-state index contributed by atoms with van der Waals surface area (Å²) < 4.78 is 5.55. The van der Waals surface area contributed by atoms with E-state index in [-0.39, 0.29) is 0 Å². The van der Waals surface area contributed by atoms with E-state index < -0.39 is 0 Å². The molecule has 3 N–H and O–H groups in total. The number of nitrogens with two attached hydrogens (primary N) is 1. The molecule has 4 aromatic rings. The van der Waals surface area contributed by atoms with Crippen LogP contribution >= 0.6 is 0 Å². The molecule has 1 heterocycles. The summed E-state index contributed by atoms with van der Waals surface area (Å²) in [5, 5.41) is 3.85. The van der Waals surface area contributed by atoms with Gasteiger partial charge in [-0.15, -0.1) is 0 Å². The van der Waals surface area contributed by atoms with Crippen LogP contribution in [0.15, 0.2) is 48.5 Å². The third kappa shape index (κ3) is 3.16. The molecule has 144 valence electrons. The average molecular weight is 373 g/mol. The van der Waals surface area contributed by atoms with E-state index in [9.17, 15) is 0 Å². The first-order chi connectivity index (χ1) is 13.6. The van der Waals surface area contributed by atoms with Crippen molar-refractivity contribution in [2.24, 2.45) is 5.73 Å². The third-order valence-electron chi connectivity index (χ3n) is 5.71. The van der Waals surface area contributed by atoms with Gasteiger partial charge in [0, 0.05) is 16.5 Å². The Labute approximate surface area is 166 Å². The summed E-state index contributed by atoms with van der Waals surface area (Å²) in [6.07, 6.45) is 3.11. The highest BCUT2D eigenvalue weighted by molar-refractivity contribution is 6.02. The molecule has 3 aromatic carbocycles. The van der Waals surface area contributed by atoms with Gasteiger partial charge >= 0.3 is 0 Å². The predicted octanol–water partition coefficient (Wildman–Crippen LogP) is 5.89. The zero-order valence-electron chi connectivity index (χ0n) is 16.9. The van der Waals surface area contributed by atoms with Gasteiger partial charge in [0.05, 0.1) is 12.8 Å². The smallest absolute Gasteiger partial charge is 0.119 e. The molecule has 0 saturated heterocycles. The summed E-state index contributed by atoms with van der Waals surface area (Å²) >= 11 is 0. The molecule has 4 rings (SSSR count). The summed E-state index contributed by atoms with van der Waals surface area (Å²) in [5.41, 5.74) is 13.3. The quantitative estimate of drug-likeness (QED) is 0.414. The van der Waals surface area contributed by atoms with E-state index in [0.717, 1.165) is 31.6 Å². The Morgan fingerprint density at radius 2 is 1.68 bits per heavy atom. The van der Waals surface area contributed by atoms with Crippen molar-refractivity contribution in [1.29, 1.82) is 0 Å². The number of H-pyrrole nitrogens is 1. The van der Waals surface area contributed by atoms with E-state index in [1.807, 2.05) is 0 Å². The molecule has 3 nitrogen and oxygen atoms in total. The van der Waals surface area contributed by atoms with Crippen LogP contribution in [-0.2, 0) is 6.42 Å². The number of benzene rings is 3. The van der Waals surface area contributed by atoms with Crippen LogP contribution in [0.2, 0.25) is 0 Å². The molecule has 0 bridgehead atoms. The lowest BCUT2D eigenvalue weighted by Crippen LogP contribution is -1.99. The molecule has 0 aliphatic carbocycles. The van der Waals surface area contributed by atoms with E-state index in [1.54, 1.807) is 7.11 Å². The Balaban J connectivity index is 2.00. The largest absolute Gasteiger partial charge is 0.497 e. The first-order valence-corrected chi connectivity index (χ1v) is 10.0. The number of rotatable bonds is 6. The second-order valence-electron chi connectivity index (χ2n) is 7.57. The highest BCUT2D eigenvalue weighted by atomic mass is 16.5. The number of unbranched alkanes of at least 4 members (excludes halogenated alkanes) is 1. The maximum Gasteiger partial charge on any atom is 0.119 e. The van der Waals surface area contributed by atoms with Crippen molar-refractivity contribution in [3.8, 4) is 17.0 Å². The normalized spacial score (nSPS) is 11.4. The topological polar surface area (TPSA) is 51.0 Å². The SMILES string of the molecule is COc1cc(C)c2[nH]c(-c3ccc(C)c4ccccc34)c(CCCCN)c2c1. The minimum atomic E-state index is 0.730. The standard InChI is InChI=1S/C25H28N2O/c1-16-11-12-22(20-9-5-4-8-19(16)20)25-21(10-6-7-13-26)23-15-18(28-3)14-17(2)24(23)27-25/h4-5,8-9,11-12,14-15,27H,6-7,10,13,26H2,1-3H3. The third-order valence-corrected chi connectivity index (χ3v) is 5.71. The molecule has 0 spiro atoms. The van der Waals surface area contributed by atoms with Crippen LogP contribution in [0.1, 0.15) is 29.5 Å². The van der Waals surface area contributed by atoms with Crippen molar-refractivity contribution in [3.63, 3.8) is 0 Å². The fourth-order valence-corrected chi connectivity index (χ4v) is 4.21. The van der Waals surface area contributed by atoms with Crippen molar-refractivity contribution in [2.75, 3.05) is 13.7 Å². The fourth-order valence-electron chi connectivity index (χ4n) is 4.21. The Morgan fingerprint density at radius 3 is 2.43 bits per heavy atom. The van der Waals surface area contributed by atoms with Gasteiger partial charge in [-0.1, -0.05) is 36.4 Å². The van der Waals surface area contributed by atoms with Crippen LogP contribution in [-0.4, -0.2) is 18.6 Å². The van der Waals surface area contributed by atoms with Gasteiger partial charge in [-0.25, -0.2) is 0 Å². The zero-order chi connectivity index (χ0) is 19.7. The average Bonchev–Trinajstić information content (AvgIpc) is 3.07. The summed E-state index contributed by atoms with van der Waals surface area (Å²) in [6.45, 7) is 5.05. The van der Waals surface area contributed by atoms with Crippen molar-refractivity contribution in [3.05, 3.63) is 65.2 Å². The lowest BCUT2D eigenvalue weighted by atomic mass is 9.94. The number of aromatic nitrogens is 1. The van der Waals surface area contributed by atoms with Crippen LogP contribution in [0, 0.1) is 13.8 Å². The minimum Gasteiger partial charge on any atom is -0.497 e. The van der Waals surface area contributed by atoms with E-state index in [2.05, 4.69) is 67.4 Å². The van der Waals surface area contributed by atoms with Gasteiger partial charge in [0.25, 0.3) is 0 Å². The molecule has 0 atom stereocenters. The molecule has 0 amide bonds. The number of nitrogens with one attached hydrogen (secondary N) is 1. The maximum atomic E-state index is 5.76. The van der Waals surface area contributed by atoms with E-state index >= 15 is 0 Å². The molecule has 0 aliphatic heterocycles. The number of fused-ring (bicyclic) bond motifs is 2. The van der Waals surface area contributed by atoms with Crippen molar-refractivity contribution in [1.82, 2.24) is 4.98 Å². The van der Waals surface area contributed by atoms with E-state index in [0.29, 0.717) is 0 Å². The molecule has 1 aromatic heterocycles. The van der Waals surface area contributed by atoms with Crippen LogP contribution in [0.4, 0.5) is 0 Å². The van der Waals surface area contributed by atoms with Crippen LogP contribution in [0.25, 0.3) is 32.9 Å². The Morgan fingerprint density at radius 1 is 0.893 bits per heavy atom. The van der Waals surface area contributed by atoms with Crippen molar-refractivity contribution in [2.45, 2.75) is 33.1 Å². The van der Waals surface area contributed by atoms with Crippen molar-refractivity contribution < 1.29 is 4.74 Å². The van der Waals surface area contributed by atoms with Gasteiger partial charge in [-0.3, -0.25) is 0 Å². The molecule has 0 unspecified atom stereocenters. The van der Waals surface area contributed by atoms with Crippen LogP contribution < -0.4 is 10.5 Å². The fraction of sp³-hybridized carbons (Fsp3) is 0.280. The first-order valence-electron chi connectivity index (χ1n) is 10.0. The number of hydrogen-bond donors (Lipinski definition) is 2. The molecule has 28 heavy (non-hydrogen) atoms. The zero-order valence-corrected chi connectivity index (χ0v) is 16.9. The summed E-state index contributed by atoms with van der Waals surface area (Å²) in [7, 11) is 1.73. The molecule has 0 radical (unpaired) electrons. The first kappa shape index (κ1) is 18.6. The molecule has 0 saturated carbocycles. The maximum absolute atomic E-state index is 5.76. The molecule has 0 fully saturated rings.